The van der Waals surface area contributed by atoms with Gasteiger partial charge in [-0.25, -0.2) is 0 Å². The lowest BCUT2D eigenvalue weighted by Gasteiger charge is -2.41. The van der Waals surface area contributed by atoms with Crippen molar-refractivity contribution < 1.29 is 18.0 Å². The first kappa shape index (κ1) is 24.0. The Morgan fingerprint density at radius 2 is 2.12 bits per heavy atom. The molecule has 1 aromatic rings. The van der Waals surface area contributed by atoms with Crippen LogP contribution in [0.3, 0.4) is 0 Å². The second-order valence-corrected chi connectivity index (χ2v) is 9.61. The minimum absolute atomic E-state index is 0.0327. The third kappa shape index (κ3) is 5.19. The zero-order valence-electron chi connectivity index (χ0n) is 18.0. The summed E-state index contributed by atoms with van der Waals surface area (Å²) in [6.07, 6.45) is 0.544. The normalized spacial score (nSPS) is 29.0. The monoisotopic (exact) mass is 481 g/mol. The van der Waals surface area contributed by atoms with Gasteiger partial charge in [-0.3, -0.25) is 15.4 Å². The van der Waals surface area contributed by atoms with Crippen molar-refractivity contribution in [2.75, 3.05) is 13.1 Å². The van der Waals surface area contributed by atoms with Gasteiger partial charge in [0, 0.05) is 31.1 Å². The number of nitriles is 1. The standard InChI is InChI=1S/C23H27ClF3N5O/c24-18-6-3-14(9-17(18)23(25,26)27)20-30-10-15(11-31-21(33)22(12-28)7-8-22)19(32-20)13-1-4-16(29)5-2-13/h1,3,6,9,15-16,19-20,30,32H,2,4-5,7-8,10-11,29H2,(H,31,33). The summed E-state index contributed by atoms with van der Waals surface area (Å²) in [6.45, 7) is 0.840. The van der Waals surface area contributed by atoms with Crippen LogP contribution in [0.25, 0.3) is 0 Å². The molecule has 1 aliphatic heterocycles. The number of nitrogens with zero attached hydrogens (tertiary/aromatic N) is 1. The highest BCUT2D eigenvalue weighted by Gasteiger charge is 2.50. The van der Waals surface area contributed by atoms with Crippen molar-refractivity contribution in [1.29, 1.82) is 5.26 Å². The molecular formula is C23H27ClF3N5O. The smallest absolute Gasteiger partial charge is 0.354 e. The van der Waals surface area contributed by atoms with Gasteiger partial charge in [-0.05, 0) is 49.8 Å². The van der Waals surface area contributed by atoms with Gasteiger partial charge >= 0.3 is 6.18 Å². The third-order valence-corrected chi connectivity index (χ3v) is 7.17. The van der Waals surface area contributed by atoms with Gasteiger partial charge in [0.05, 0.1) is 22.8 Å². The Bertz CT molecular complexity index is 985. The first-order valence-corrected chi connectivity index (χ1v) is 11.5. The molecule has 4 atom stereocenters. The zero-order chi connectivity index (χ0) is 23.8. The van der Waals surface area contributed by atoms with Crippen LogP contribution in [-0.2, 0) is 11.0 Å². The van der Waals surface area contributed by atoms with Crippen molar-refractivity contribution in [1.82, 2.24) is 16.0 Å². The first-order chi connectivity index (χ1) is 15.6. The van der Waals surface area contributed by atoms with E-state index in [4.69, 9.17) is 17.3 Å². The molecule has 3 aliphatic rings. The molecule has 33 heavy (non-hydrogen) atoms. The van der Waals surface area contributed by atoms with Crippen LogP contribution in [0.4, 0.5) is 13.2 Å². The fraction of sp³-hybridized carbons (Fsp3) is 0.565. The average molecular weight is 482 g/mol. The molecule has 2 aliphatic carbocycles. The number of carbonyl (C=O) groups is 1. The summed E-state index contributed by atoms with van der Waals surface area (Å²) >= 11 is 5.79. The highest BCUT2D eigenvalue weighted by molar-refractivity contribution is 6.31. The number of hydrogen-bond acceptors (Lipinski definition) is 5. The molecule has 1 heterocycles. The van der Waals surface area contributed by atoms with E-state index in [2.05, 4.69) is 28.1 Å². The molecule has 1 aromatic carbocycles. The van der Waals surface area contributed by atoms with Gasteiger partial charge in [-0.2, -0.15) is 18.4 Å². The second-order valence-electron chi connectivity index (χ2n) is 9.20. The van der Waals surface area contributed by atoms with E-state index in [0.717, 1.165) is 30.9 Å². The van der Waals surface area contributed by atoms with Crippen molar-refractivity contribution in [2.45, 2.75) is 56.5 Å². The first-order valence-electron chi connectivity index (χ1n) is 11.1. The Hall–Kier alpha value is -2.12. The van der Waals surface area contributed by atoms with E-state index in [-0.39, 0.29) is 28.9 Å². The van der Waals surface area contributed by atoms with Crippen LogP contribution >= 0.6 is 11.6 Å². The molecule has 4 rings (SSSR count). The summed E-state index contributed by atoms with van der Waals surface area (Å²) in [5.74, 6) is -0.285. The maximum atomic E-state index is 13.4. The molecule has 6 nitrogen and oxygen atoms in total. The maximum absolute atomic E-state index is 13.4. The van der Waals surface area contributed by atoms with Gasteiger partial charge in [0.2, 0.25) is 5.91 Å². The van der Waals surface area contributed by atoms with Gasteiger partial charge in [-0.15, -0.1) is 0 Å². The Labute approximate surface area is 195 Å². The van der Waals surface area contributed by atoms with Gasteiger partial charge in [-0.1, -0.05) is 29.3 Å². The van der Waals surface area contributed by atoms with Crippen LogP contribution in [0.1, 0.15) is 49.4 Å². The Kier molecular flexibility index (Phi) is 6.74. The van der Waals surface area contributed by atoms with Crippen molar-refractivity contribution in [3.8, 4) is 6.07 Å². The zero-order valence-corrected chi connectivity index (χ0v) is 18.8. The lowest BCUT2D eigenvalue weighted by Crippen LogP contribution is -2.57. The van der Waals surface area contributed by atoms with Crippen LogP contribution in [0.2, 0.25) is 5.02 Å². The minimum atomic E-state index is -4.55. The topological polar surface area (TPSA) is 103 Å². The summed E-state index contributed by atoms with van der Waals surface area (Å²) in [6, 6.07) is 5.96. The Balaban J connectivity index is 1.53. The molecule has 5 N–H and O–H groups in total. The van der Waals surface area contributed by atoms with Crippen molar-refractivity contribution in [3.63, 3.8) is 0 Å². The molecule has 1 saturated carbocycles. The summed E-state index contributed by atoms with van der Waals surface area (Å²) in [7, 11) is 0. The fourth-order valence-corrected chi connectivity index (χ4v) is 4.80. The highest BCUT2D eigenvalue weighted by atomic mass is 35.5. The molecular weight excluding hydrogens is 455 g/mol. The number of nitrogens with one attached hydrogen (secondary N) is 3. The van der Waals surface area contributed by atoms with E-state index in [1.54, 1.807) is 6.07 Å². The number of rotatable bonds is 5. The van der Waals surface area contributed by atoms with Crippen molar-refractivity contribution in [2.24, 2.45) is 17.1 Å². The number of amides is 1. The Morgan fingerprint density at radius 1 is 1.36 bits per heavy atom. The van der Waals surface area contributed by atoms with Crippen LogP contribution in [0, 0.1) is 22.7 Å². The molecule has 1 saturated heterocycles. The molecule has 1 amide bonds. The number of hydrogen-bond donors (Lipinski definition) is 4. The van der Waals surface area contributed by atoms with E-state index in [1.165, 1.54) is 6.07 Å². The van der Waals surface area contributed by atoms with Crippen LogP contribution < -0.4 is 21.7 Å². The molecule has 10 heteroatoms. The van der Waals surface area contributed by atoms with E-state index in [1.807, 2.05) is 0 Å². The molecule has 178 valence electrons. The van der Waals surface area contributed by atoms with E-state index in [9.17, 15) is 23.2 Å². The number of halogens is 4. The third-order valence-electron chi connectivity index (χ3n) is 6.84. The number of nitrogens with two attached hydrogens (primary N) is 1. The fourth-order valence-electron chi connectivity index (χ4n) is 4.58. The molecule has 0 aromatic heterocycles. The largest absolute Gasteiger partial charge is 0.417 e. The molecule has 0 bridgehead atoms. The number of carbonyl (C=O) groups excluding carboxylic acids is 1. The molecule has 4 unspecified atom stereocenters. The van der Waals surface area contributed by atoms with Gasteiger partial charge < -0.3 is 11.1 Å². The second kappa shape index (κ2) is 9.26. The molecule has 0 spiro atoms. The van der Waals surface area contributed by atoms with Crippen molar-refractivity contribution in [3.05, 3.63) is 46.0 Å². The SMILES string of the molecule is N#CC1(C(=O)NCC2CNC(c3ccc(Cl)c(C(F)(F)F)c3)NC2C2=CCC(N)CC2)CC1. The van der Waals surface area contributed by atoms with E-state index in [0.29, 0.717) is 31.5 Å². The van der Waals surface area contributed by atoms with Crippen molar-refractivity contribution >= 4 is 17.5 Å². The maximum Gasteiger partial charge on any atom is 0.417 e. The van der Waals surface area contributed by atoms with Crippen LogP contribution in [-0.4, -0.2) is 31.1 Å². The quantitative estimate of drug-likeness (QED) is 0.483. The Morgan fingerprint density at radius 3 is 2.73 bits per heavy atom. The van der Waals surface area contributed by atoms with E-state index >= 15 is 0 Å². The number of benzene rings is 1. The van der Waals surface area contributed by atoms with Crippen LogP contribution in [0.5, 0.6) is 0 Å². The van der Waals surface area contributed by atoms with E-state index < -0.39 is 23.3 Å². The minimum Gasteiger partial charge on any atom is -0.354 e. The predicted octanol–water partition coefficient (Wildman–Crippen LogP) is 3.39. The highest BCUT2D eigenvalue weighted by Crippen LogP contribution is 2.45. The molecule has 2 fully saturated rings. The summed E-state index contributed by atoms with van der Waals surface area (Å²) in [4.78, 5) is 12.5. The van der Waals surface area contributed by atoms with Crippen LogP contribution in [0.15, 0.2) is 29.8 Å². The summed E-state index contributed by atoms with van der Waals surface area (Å²) < 4.78 is 40.1. The van der Waals surface area contributed by atoms with Gasteiger partial charge in [0.25, 0.3) is 0 Å². The lowest BCUT2D eigenvalue weighted by atomic mass is 9.83. The predicted molar refractivity (Wildman–Crippen MR) is 118 cm³/mol. The lowest BCUT2D eigenvalue weighted by molar-refractivity contribution is -0.137. The molecule has 0 radical (unpaired) electrons. The van der Waals surface area contributed by atoms with Gasteiger partial charge in [0.15, 0.2) is 0 Å². The summed E-state index contributed by atoms with van der Waals surface area (Å²) in [5.41, 5.74) is 5.85. The number of alkyl halides is 3. The van der Waals surface area contributed by atoms with Gasteiger partial charge in [0.1, 0.15) is 5.41 Å². The average Bonchev–Trinajstić information content (AvgIpc) is 3.59. The summed E-state index contributed by atoms with van der Waals surface area (Å²) in [5, 5.41) is 18.5.